The molecule has 1 aromatic carbocycles. The molecule has 0 fully saturated rings. The van der Waals surface area contributed by atoms with Gasteiger partial charge in [0.25, 0.3) is 17.1 Å². The predicted octanol–water partition coefficient (Wildman–Crippen LogP) is 1.60. The van der Waals surface area contributed by atoms with Crippen molar-refractivity contribution in [2.45, 2.75) is 0 Å². The van der Waals surface area contributed by atoms with E-state index in [4.69, 9.17) is 23.2 Å². The van der Waals surface area contributed by atoms with Crippen molar-refractivity contribution < 1.29 is 14.4 Å². The van der Waals surface area contributed by atoms with Crippen molar-refractivity contribution in [3.05, 3.63) is 33.8 Å². The minimum atomic E-state index is -0.730. The summed E-state index contributed by atoms with van der Waals surface area (Å²) >= 11 is 11.0. The molecule has 0 aliphatic carbocycles. The summed E-state index contributed by atoms with van der Waals surface area (Å²) in [5, 5.41) is 1.38. The first kappa shape index (κ1) is 10.1. The number of carbonyl (C=O) groups is 3. The molecule has 2 amide bonds. The molecular weight excluding hydrogens is 241 g/mol. The Morgan fingerprint density at radius 1 is 1.20 bits per heavy atom. The number of rotatable bonds is 1. The van der Waals surface area contributed by atoms with Gasteiger partial charge in [-0.3, -0.25) is 19.7 Å². The highest BCUT2D eigenvalue weighted by Gasteiger charge is 2.30. The van der Waals surface area contributed by atoms with Gasteiger partial charge in [-0.2, -0.15) is 0 Å². The van der Waals surface area contributed by atoms with Crippen LogP contribution in [0.5, 0.6) is 0 Å². The van der Waals surface area contributed by atoms with Crippen molar-refractivity contribution in [1.29, 1.82) is 0 Å². The second-order valence-corrected chi connectivity index (χ2v) is 3.69. The van der Waals surface area contributed by atoms with E-state index in [2.05, 4.69) is 5.32 Å². The smallest absolute Gasteiger partial charge is 0.260 e. The first-order chi connectivity index (χ1) is 7.00. The molecule has 76 valence electrons. The van der Waals surface area contributed by atoms with Gasteiger partial charge in [0.05, 0.1) is 16.1 Å². The third kappa shape index (κ3) is 1.52. The van der Waals surface area contributed by atoms with Crippen LogP contribution in [0.1, 0.15) is 31.1 Å². The van der Waals surface area contributed by atoms with Crippen LogP contribution in [0.25, 0.3) is 0 Å². The highest BCUT2D eigenvalue weighted by molar-refractivity contribution is 6.68. The maximum Gasteiger partial charge on any atom is 0.260 e. The first-order valence-electron chi connectivity index (χ1n) is 3.90. The van der Waals surface area contributed by atoms with E-state index < -0.39 is 17.1 Å². The zero-order valence-electron chi connectivity index (χ0n) is 7.14. The van der Waals surface area contributed by atoms with Gasteiger partial charge in [-0.1, -0.05) is 11.6 Å². The Balaban J connectivity index is 2.71. The van der Waals surface area contributed by atoms with Gasteiger partial charge in [0.1, 0.15) is 0 Å². The molecule has 0 unspecified atom stereocenters. The molecule has 1 heterocycles. The van der Waals surface area contributed by atoms with E-state index in [1.165, 1.54) is 12.1 Å². The molecule has 0 spiro atoms. The van der Waals surface area contributed by atoms with Crippen molar-refractivity contribution in [2.24, 2.45) is 0 Å². The Labute approximate surface area is 94.2 Å². The van der Waals surface area contributed by atoms with Crippen LogP contribution >= 0.6 is 23.2 Å². The van der Waals surface area contributed by atoms with E-state index >= 15 is 0 Å². The predicted molar refractivity (Wildman–Crippen MR) is 53.4 cm³/mol. The molecule has 6 heteroatoms. The number of amides is 2. The largest absolute Gasteiger partial charge is 0.288 e. The van der Waals surface area contributed by atoms with Crippen LogP contribution < -0.4 is 5.32 Å². The lowest BCUT2D eigenvalue weighted by molar-refractivity contribution is 0.0879. The number of benzene rings is 1. The molecular formula is C9H3Cl2NO3. The van der Waals surface area contributed by atoms with Crippen LogP contribution in [0.2, 0.25) is 5.02 Å². The first-order valence-corrected chi connectivity index (χ1v) is 4.65. The average molecular weight is 244 g/mol. The summed E-state index contributed by atoms with van der Waals surface area (Å²) in [6, 6.07) is 2.50. The Morgan fingerprint density at radius 3 is 2.47 bits per heavy atom. The van der Waals surface area contributed by atoms with Crippen LogP contribution in [-0.2, 0) is 0 Å². The number of carbonyl (C=O) groups excluding carboxylic acids is 3. The minimum Gasteiger partial charge on any atom is -0.288 e. The number of nitrogens with one attached hydrogen (secondary N) is 1. The second-order valence-electron chi connectivity index (χ2n) is 2.94. The summed E-state index contributed by atoms with van der Waals surface area (Å²) in [6.07, 6.45) is 0. The van der Waals surface area contributed by atoms with Crippen molar-refractivity contribution in [3.63, 3.8) is 0 Å². The minimum absolute atomic E-state index is 0.0415. The molecule has 0 aromatic heterocycles. The van der Waals surface area contributed by atoms with Crippen molar-refractivity contribution in [1.82, 2.24) is 5.32 Å². The van der Waals surface area contributed by atoms with Crippen LogP contribution in [0.4, 0.5) is 0 Å². The van der Waals surface area contributed by atoms with Crippen LogP contribution in [0.3, 0.4) is 0 Å². The lowest BCUT2D eigenvalue weighted by atomic mass is 10.1. The van der Waals surface area contributed by atoms with Crippen LogP contribution in [0.15, 0.2) is 12.1 Å². The fourth-order valence-corrected chi connectivity index (χ4v) is 1.78. The topological polar surface area (TPSA) is 63.2 Å². The summed E-state index contributed by atoms with van der Waals surface area (Å²) in [6.45, 7) is 0. The fraction of sp³-hybridized carbons (Fsp3) is 0. The maximum atomic E-state index is 11.3. The van der Waals surface area contributed by atoms with Gasteiger partial charge in [0.15, 0.2) is 0 Å². The summed E-state index contributed by atoms with van der Waals surface area (Å²) < 4.78 is 0. The highest BCUT2D eigenvalue weighted by Crippen LogP contribution is 2.26. The van der Waals surface area contributed by atoms with Gasteiger partial charge >= 0.3 is 0 Å². The fourth-order valence-electron chi connectivity index (χ4n) is 1.36. The summed E-state index contributed by atoms with van der Waals surface area (Å²) in [7, 11) is 0. The number of halogens is 2. The Kier molecular flexibility index (Phi) is 2.25. The number of hydrogen-bond acceptors (Lipinski definition) is 3. The van der Waals surface area contributed by atoms with E-state index in [9.17, 15) is 14.4 Å². The van der Waals surface area contributed by atoms with Crippen LogP contribution in [-0.4, -0.2) is 17.1 Å². The normalized spacial score (nSPS) is 13.7. The number of fused-ring (bicyclic) bond motifs is 1. The molecule has 4 nitrogen and oxygen atoms in total. The molecule has 0 saturated heterocycles. The molecule has 0 saturated carbocycles. The van der Waals surface area contributed by atoms with Gasteiger partial charge in [0.2, 0.25) is 0 Å². The molecule has 1 N–H and O–H groups in total. The van der Waals surface area contributed by atoms with E-state index in [0.717, 1.165) is 0 Å². The van der Waals surface area contributed by atoms with Crippen LogP contribution in [0, 0.1) is 0 Å². The molecule has 0 radical (unpaired) electrons. The van der Waals surface area contributed by atoms with Gasteiger partial charge in [-0.05, 0) is 23.7 Å². The quantitative estimate of drug-likeness (QED) is 0.602. The molecule has 0 atom stereocenters. The van der Waals surface area contributed by atoms with E-state index in [1.54, 1.807) is 0 Å². The Bertz CT molecular complexity index is 510. The number of imide groups is 1. The average Bonchev–Trinajstić information content (AvgIpc) is 2.42. The standard InChI is InChI=1S/C9H3Cl2NO3/c10-5-2-3(7(11)13)1-4-6(5)9(15)12-8(4)14/h1-2H,(H,12,14,15). The van der Waals surface area contributed by atoms with Gasteiger partial charge < -0.3 is 0 Å². The lowest BCUT2D eigenvalue weighted by Gasteiger charge is -2.00. The summed E-state index contributed by atoms with van der Waals surface area (Å²) in [4.78, 5) is 33.4. The SMILES string of the molecule is O=C(Cl)c1cc(Cl)c2c(c1)C(=O)NC2=O. The van der Waals surface area contributed by atoms with Gasteiger partial charge in [-0.25, -0.2) is 0 Å². The highest BCUT2D eigenvalue weighted by atomic mass is 35.5. The van der Waals surface area contributed by atoms with E-state index in [1.807, 2.05) is 0 Å². The van der Waals surface area contributed by atoms with Crippen molar-refractivity contribution in [3.8, 4) is 0 Å². The summed E-state index contributed by atoms with van der Waals surface area (Å²) in [5.74, 6) is -1.13. The maximum absolute atomic E-state index is 11.3. The van der Waals surface area contributed by atoms with Gasteiger partial charge in [-0.15, -0.1) is 0 Å². The number of hydrogen-bond donors (Lipinski definition) is 1. The van der Waals surface area contributed by atoms with Gasteiger partial charge in [0, 0.05) is 5.56 Å². The molecule has 0 bridgehead atoms. The Hall–Kier alpha value is -1.39. The van der Waals surface area contributed by atoms with Crippen molar-refractivity contribution in [2.75, 3.05) is 0 Å². The zero-order chi connectivity index (χ0) is 11.2. The molecule has 1 aromatic rings. The molecule has 1 aliphatic rings. The molecule has 1 aliphatic heterocycles. The Morgan fingerprint density at radius 2 is 1.87 bits per heavy atom. The summed E-state index contributed by atoms with van der Waals surface area (Å²) in [5.41, 5.74) is 0.255. The molecule has 15 heavy (non-hydrogen) atoms. The van der Waals surface area contributed by atoms with E-state index in [0.29, 0.717) is 0 Å². The van der Waals surface area contributed by atoms with E-state index in [-0.39, 0.29) is 21.7 Å². The van der Waals surface area contributed by atoms with Crippen molar-refractivity contribution >= 4 is 40.3 Å². The molecule has 2 rings (SSSR count). The zero-order valence-corrected chi connectivity index (χ0v) is 8.65. The third-order valence-corrected chi connectivity index (χ3v) is 2.53. The third-order valence-electron chi connectivity index (χ3n) is 2.02. The second kappa shape index (κ2) is 3.32. The monoisotopic (exact) mass is 243 g/mol. The lowest BCUT2D eigenvalue weighted by Crippen LogP contribution is -2.20.